The number of halogens is 1. The predicted octanol–water partition coefficient (Wildman–Crippen LogP) is 3.43. The van der Waals surface area contributed by atoms with Gasteiger partial charge in [-0.2, -0.15) is 0 Å². The fraction of sp³-hybridized carbons (Fsp3) is 0.118. The molecule has 24 heavy (non-hydrogen) atoms. The maximum atomic E-state index is 12.1. The molecule has 0 spiro atoms. The zero-order valence-corrected chi connectivity index (χ0v) is 14.4. The van der Waals surface area contributed by atoms with Crippen LogP contribution in [0.15, 0.2) is 53.6 Å². The van der Waals surface area contributed by atoms with Crippen LogP contribution in [0.3, 0.4) is 0 Å². The first-order chi connectivity index (χ1) is 11.5. The highest BCUT2D eigenvalue weighted by Crippen LogP contribution is 2.27. The maximum Gasteiger partial charge on any atom is 0.271 e. The number of aryl methyl sites for hydroxylation is 1. The van der Waals surface area contributed by atoms with Gasteiger partial charge in [0.1, 0.15) is 0 Å². The average molecular weight is 360 g/mol. The van der Waals surface area contributed by atoms with Gasteiger partial charge in [0, 0.05) is 10.6 Å². The number of hydrazone groups is 1. The summed E-state index contributed by atoms with van der Waals surface area (Å²) in [6.07, 6.45) is 0. The molecule has 7 heteroatoms. The molecule has 0 saturated carbocycles. The van der Waals surface area contributed by atoms with Crippen molar-refractivity contribution in [3.05, 3.63) is 64.7 Å². The van der Waals surface area contributed by atoms with Gasteiger partial charge in [-0.05, 0) is 42.8 Å². The Balaban J connectivity index is 1.81. The Labute approximate surface area is 148 Å². The molecular formula is C17H14ClN3O2S. The second-order valence-corrected chi connectivity index (χ2v) is 6.58. The van der Waals surface area contributed by atoms with Crippen LogP contribution in [0, 0.1) is 6.92 Å². The van der Waals surface area contributed by atoms with Crippen LogP contribution in [0.2, 0.25) is 5.02 Å². The number of hydrogen-bond acceptors (Lipinski definition) is 4. The Hall–Kier alpha value is -2.31. The quantitative estimate of drug-likeness (QED) is 0.854. The molecule has 1 aliphatic heterocycles. The predicted molar refractivity (Wildman–Crippen MR) is 97.5 cm³/mol. The van der Waals surface area contributed by atoms with Gasteiger partial charge in [0.25, 0.3) is 5.91 Å². The van der Waals surface area contributed by atoms with Crippen molar-refractivity contribution in [1.29, 1.82) is 0 Å². The van der Waals surface area contributed by atoms with Crippen LogP contribution < -0.4 is 10.3 Å². The molecule has 1 fully saturated rings. The lowest BCUT2D eigenvalue weighted by atomic mass is 10.2. The lowest BCUT2D eigenvalue weighted by molar-refractivity contribution is -0.115. The Morgan fingerprint density at radius 1 is 1.25 bits per heavy atom. The fourth-order valence-corrected chi connectivity index (χ4v) is 3.28. The molecule has 2 amide bonds. The van der Waals surface area contributed by atoms with Gasteiger partial charge in [-0.15, -0.1) is 5.10 Å². The molecule has 0 unspecified atom stereocenters. The molecule has 1 heterocycles. The van der Waals surface area contributed by atoms with Gasteiger partial charge in [0.05, 0.1) is 11.4 Å². The van der Waals surface area contributed by atoms with E-state index in [9.17, 15) is 9.59 Å². The minimum atomic E-state index is -0.380. The summed E-state index contributed by atoms with van der Waals surface area (Å²) in [7, 11) is 0. The van der Waals surface area contributed by atoms with Gasteiger partial charge < -0.3 is 0 Å². The normalized spacial score (nSPS) is 15.8. The number of amidine groups is 1. The first kappa shape index (κ1) is 16.5. The third-order valence-electron chi connectivity index (χ3n) is 3.37. The van der Waals surface area contributed by atoms with E-state index in [1.165, 1.54) is 16.7 Å². The second-order valence-electron chi connectivity index (χ2n) is 5.20. The van der Waals surface area contributed by atoms with Crippen LogP contribution >= 0.6 is 23.4 Å². The van der Waals surface area contributed by atoms with Crippen LogP contribution in [0.25, 0.3) is 0 Å². The lowest BCUT2D eigenvalue weighted by Crippen LogP contribution is -2.31. The van der Waals surface area contributed by atoms with Crippen molar-refractivity contribution in [2.24, 2.45) is 5.10 Å². The second kappa shape index (κ2) is 7.07. The fourth-order valence-electron chi connectivity index (χ4n) is 2.26. The van der Waals surface area contributed by atoms with E-state index in [-0.39, 0.29) is 11.8 Å². The monoisotopic (exact) mass is 359 g/mol. The van der Waals surface area contributed by atoms with Crippen LogP contribution in [0.1, 0.15) is 15.9 Å². The van der Waals surface area contributed by atoms with Crippen molar-refractivity contribution in [3.8, 4) is 0 Å². The summed E-state index contributed by atoms with van der Waals surface area (Å²) >= 11 is 7.17. The third-order valence-corrected chi connectivity index (χ3v) is 4.52. The zero-order chi connectivity index (χ0) is 17.1. The molecule has 1 N–H and O–H groups in total. The molecule has 1 saturated heterocycles. The van der Waals surface area contributed by atoms with E-state index < -0.39 is 0 Å². The highest BCUT2D eigenvalue weighted by atomic mass is 35.5. The number of rotatable bonds is 3. The van der Waals surface area contributed by atoms with Crippen LogP contribution in [0.4, 0.5) is 5.69 Å². The Bertz CT molecular complexity index is 838. The summed E-state index contributed by atoms with van der Waals surface area (Å²) in [5.74, 6) is -0.157. The van der Waals surface area contributed by atoms with E-state index >= 15 is 0 Å². The molecule has 0 aromatic heterocycles. The van der Waals surface area contributed by atoms with Gasteiger partial charge in [-0.3, -0.25) is 14.5 Å². The summed E-state index contributed by atoms with van der Waals surface area (Å²) in [6.45, 7) is 1.95. The van der Waals surface area contributed by atoms with E-state index in [1.54, 1.807) is 24.3 Å². The molecule has 5 nitrogen and oxygen atoms in total. The Morgan fingerprint density at radius 2 is 2.04 bits per heavy atom. The van der Waals surface area contributed by atoms with E-state index in [0.717, 1.165) is 11.3 Å². The number of carbonyl (C=O) groups excluding carboxylic acids is 2. The molecule has 3 rings (SSSR count). The van der Waals surface area contributed by atoms with Gasteiger partial charge in [-0.1, -0.05) is 41.6 Å². The molecule has 0 aliphatic carbocycles. The summed E-state index contributed by atoms with van der Waals surface area (Å²) in [5, 5.41) is 5.03. The molecule has 0 atom stereocenters. The number of benzene rings is 2. The van der Waals surface area contributed by atoms with E-state index in [4.69, 9.17) is 11.6 Å². The molecule has 122 valence electrons. The first-order valence-corrected chi connectivity index (χ1v) is 8.57. The molecule has 2 aromatic carbocycles. The van der Waals surface area contributed by atoms with Crippen LogP contribution in [-0.4, -0.2) is 22.7 Å². The maximum absolute atomic E-state index is 12.1. The zero-order valence-electron chi connectivity index (χ0n) is 12.8. The summed E-state index contributed by atoms with van der Waals surface area (Å²) < 4.78 is 0. The number of carbonyl (C=O) groups is 2. The van der Waals surface area contributed by atoms with Gasteiger partial charge in [-0.25, -0.2) is 5.43 Å². The van der Waals surface area contributed by atoms with E-state index in [0.29, 0.717) is 21.5 Å². The average Bonchev–Trinajstić information content (AvgIpc) is 2.93. The molecule has 2 aromatic rings. The number of nitrogens with one attached hydrogen (secondary N) is 1. The van der Waals surface area contributed by atoms with Crippen molar-refractivity contribution < 1.29 is 9.59 Å². The van der Waals surface area contributed by atoms with Gasteiger partial charge in [0.15, 0.2) is 5.17 Å². The van der Waals surface area contributed by atoms with Crippen molar-refractivity contribution in [1.82, 2.24) is 5.43 Å². The first-order valence-electron chi connectivity index (χ1n) is 7.20. The number of anilines is 1. The highest BCUT2D eigenvalue weighted by molar-refractivity contribution is 8.15. The number of amides is 2. The highest BCUT2D eigenvalue weighted by Gasteiger charge is 2.30. The van der Waals surface area contributed by atoms with E-state index in [2.05, 4.69) is 10.5 Å². The van der Waals surface area contributed by atoms with Crippen molar-refractivity contribution >= 4 is 46.0 Å². The van der Waals surface area contributed by atoms with Crippen LogP contribution in [0.5, 0.6) is 0 Å². The number of thioether (sulfide) groups is 1. The minimum Gasteiger partial charge on any atom is -0.273 e. The molecular weight excluding hydrogens is 346 g/mol. The summed E-state index contributed by atoms with van der Waals surface area (Å²) in [5.41, 5.74) is 4.66. The molecule has 1 aliphatic rings. The number of nitrogens with zero attached hydrogens (tertiary/aromatic N) is 2. The number of hydrogen-bond donors (Lipinski definition) is 1. The largest absolute Gasteiger partial charge is 0.273 e. The molecule has 0 bridgehead atoms. The molecule has 0 radical (unpaired) electrons. The van der Waals surface area contributed by atoms with Crippen LogP contribution in [-0.2, 0) is 4.79 Å². The third kappa shape index (κ3) is 3.60. The summed E-state index contributed by atoms with van der Waals surface area (Å²) in [6, 6.07) is 14.2. The standard InChI is InChI=1S/C17H14ClN3O2S/c1-11-4-2-7-14(8-11)21-15(22)10-24-17(21)20-19-16(23)12-5-3-6-13(18)9-12/h2-9H,10H2,1H3,(H,19,23). The topological polar surface area (TPSA) is 61.8 Å². The smallest absolute Gasteiger partial charge is 0.271 e. The SMILES string of the molecule is Cc1cccc(N2C(=O)CSC2=NNC(=O)c2cccc(Cl)c2)c1. The van der Waals surface area contributed by atoms with Gasteiger partial charge in [0.2, 0.25) is 5.91 Å². The van der Waals surface area contributed by atoms with Crippen molar-refractivity contribution in [2.75, 3.05) is 10.7 Å². The van der Waals surface area contributed by atoms with Crippen molar-refractivity contribution in [2.45, 2.75) is 6.92 Å². The Kier molecular flexibility index (Phi) is 4.87. The lowest BCUT2D eigenvalue weighted by Gasteiger charge is -2.16. The van der Waals surface area contributed by atoms with Gasteiger partial charge >= 0.3 is 0 Å². The minimum absolute atomic E-state index is 0.0682. The van der Waals surface area contributed by atoms with Crippen molar-refractivity contribution in [3.63, 3.8) is 0 Å². The Morgan fingerprint density at radius 3 is 2.79 bits per heavy atom. The summed E-state index contributed by atoms with van der Waals surface area (Å²) in [4.78, 5) is 25.8. The van der Waals surface area contributed by atoms with E-state index in [1.807, 2.05) is 31.2 Å².